The third-order valence-electron chi connectivity index (χ3n) is 1.04. The molecule has 2 nitrogen and oxygen atoms in total. The van der Waals surface area contributed by atoms with Gasteiger partial charge in [-0.3, -0.25) is 0 Å². The van der Waals surface area contributed by atoms with Gasteiger partial charge in [0.05, 0.1) is 0 Å². The molecule has 1 radical (unpaired) electrons. The lowest BCUT2D eigenvalue weighted by Gasteiger charge is -2.08. The van der Waals surface area contributed by atoms with Gasteiger partial charge >= 0.3 is 5.97 Å². The Morgan fingerprint density at radius 2 is 2.40 bits per heavy atom. The van der Waals surface area contributed by atoms with Crippen LogP contribution in [0.4, 0.5) is 0 Å². The molecule has 0 aromatic rings. The van der Waals surface area contributed by atoms with E-state index in [4.69, 9.17) is 4.74 Å². The van der Waals surface area contributed by atoms with Crippen molar-refractivity contribution in [3.05, 3.63) is 19.1 Å². The topological polar surface area (TPSA) is 26.3 Å². The molecule has 1 unspecified atom stereocenters. The van der Waals surface area contributed by atoms with Gasteiger partial charge in [0.15, 0.2) is 0 Å². The fraction of sp³-hybridized carbons (Fsp3) is 0.500. The molecule has 0 spiro atoms. The van der Waals surface area contributed by atoms with Crippen molar-refractivity contribution in [2.45, 2.75) is 26.4 Å². The van der Waals surface area contributed by atoms with E-state index in [1.54, 1.807) is 0 Å². The van der Waals surface area contributed by atoms with Gasteiger partial charge < -0.3 is 4.74 Å². The molecule has 0 aromatic heterocycles. The number of rotatable bonds is 4. The highest BCUT2D eigenvalue weighted by Crippen LogP contribution is 1.99. The Morgan fingerprint density at radius 3 is 2.80 bits per heavy atom. The first kappa shape index (κ1) is 9.21. The van der Waals surface area contributed by atoms with Crippen LogP contribution in [-0.4, -0.2) is 12.1 Å². The van der Waals surface area contributed by atoms with E-state index in [0.717, 1.165) is 6.42 Å². The maximum atomic E-state index is 10.5. The number of hydrogen-bond acceptors (Lipinski definition) is 2. The molecular weight excluding hydrogens is 128 g/mol. The van der Waals surface area contributed by atoms with E-state index in [2.05, 4.69) is 6.58 Å². The molecule has 0 aromatic carbocycles. The number of carbonyl (C=O) groups excluding carboxylic acids is 1. The first-order chi connectivity index (χ1) is 4.70. The first-order valence-electron chi connectivity index (χ1n) is 3.37. The molecular formula is C8H13O2. The molecule has 0 aliphatic rings. The maximum absolute atomic E-state index is 10.5. The standard InChI is InChI=1S/C8H13O2/c1-4-6-7(3)10-8(9)5-2/h5-7H,2,4H2,1,3H3. The molecule has 10 heavy (non-hydrogen) atoms. The van der Waals surface area contributed by atoms with Gasteiger partial charge in [-0.2, -0.15) is 0 Å². The monoisotopic (exact) mass is 141 g/mol. The van der Waals surface area contributed by atoms with E-state index in [0.29, 0.717) is 0 Å². The third kappa shape index (κ3) is 4.13. The van der Waals surface area contributed by atoms with Crippen molar-refractivity contribution in [3.8, 4) is 0 Å². The Kier molecular flexibility index (Phi) is 4.63. The zero-order valence-electron chi connectivity index (χ0n) is 6.46. The van der Waals surface area contributed by atoms with E-state index in [1.165, 1.54) is 6.08 Å². The maximum Gasteiger partial charge on any atom is 0.330 e. The van der Waals surface area contributed by atoms with Crippen molar-refractivity contribution in [1.82, 2.24) is 0 Å². The summed E-state index contributed by atoms with van der Waals surface area (Å²) in [7, 11) is 0. The molecule has 0 aliphatic heterocycles. The van der Waals surface area contributed by atoms with Gasteiger partial charge in [-0.05, 0) is 13.3 Å². The van der Waals surface area contributed by atoms with Crippen molar-refractivity contribution >= 4 is 5.97 Å². The molecule has 2 heteroatoms. The summed E-state index contributed by atoms with van der Waals surface area (Å²) in [5.74, 6) is -0.364. The Hall–Kier alpha value is -0.790. The summed E-state index contributed by atoms with van der Waals surface area (Å²) in [5, 5.41) is 0. The van der Waals surface area contributed by atoms with Crippen molar-refractivity contribution < 1.29 is 9.53 Å². The van der Waals surface area contributed by atoms with Crippen molar-refractivity contribution in [2.75, 3.05) is 0 Å². The van der Waals surface area contributed by atoms with Gasteiger partial charge in [0.25, 0.3) is 0 Å². The van der Waals surface area contributed by atoms with Crippen LogP contribution in [0.25, 0.3) is 0 Å². The van der Waals surface area contributed by atoms with Crippen LogP contribution in [0.15, 0.2) is 12.7 Å². The van der Waals surface area contributed by atoms with Gasteiger partial charge in [0, 0.05) is 12.5 Å². The lowest BCUT2D eigenvalue weighted by atomic mass is 10.2. The lowest BCUT2D eigenvalue weighted by molar-refractivity contribution is -0.140. The SMILES string of the molecule is C=CC(=O)OC(C)[CH]CC. The highest BCUT2D eigenvalue weighted by atomic mass is 16.5. The highest BCUT2D eigenvalue weighted by molar-refractivity contribution is 5.81. The molecule has 1 atom stereocenters. The minimum atomic E-state index is -0.364. The Morgan fingerprint density at radius 1 is 1.80 bits per heavy atom. The molecule has 0 N–H and O–H groups in total. The summed E-state index contributed by atoms with van der Waals surface area (Å²) in [6.45, 7) is 7.11. The van der Waals surface area contributed by atoms with E-state index in [-0.39, 0.29) is 12.1 Å². The summed E-state index contributed by atoms with van der Waals surface area (Å²) >= 11 is 0. The van der Waals surface area contributed by atoms with Crippen LogP contribution in [0, 0.1) is 6.42 Å². The molecule has 57 valence electrons. The summed E-state index contributed by atoms with van der Waals surface area (Å²) in [6.07, 6.45) is 3.89. The van der Waals surface area contributed by atoms with Crippen molar-refractivity contribution in [3.63, 3.8) is 0 Å². The average molecular weight is 141 g/mol. The predicted molar refractivity (Wildman–Crippen MR) is 40.3 cm³/mol. The molecule has 0 fully saturated rings. The van der Waals surface area contributed by atoms with Crippen molar-refractivity contribution in [2.24, 2.45) is 0 Å². The molecule has 0 aliphatic carbocycles. The minimum absolute atomic E-state index is 0.101. The van der Waals surface area contributed by atoms with Gasteiger partial charge in [0.1, 0.15) is 6.10 Å². The van der Waals surface area contributed by atoms with Gasteiger partial charge in [0.2, 0.25) is 0 Å². The van der Waals surface area contributed by atoms with Crippen molar-refractivity contribution in [1.29, 1.82) is 0 Å². The van der Waals surface area contributed by atoms with Crippen LogP contribution in [0.3, 0.4) is 0 Å². The second kappa shape index (κ2) is 5.03. The van der Waals surface area contributed by atoms with Gasteiger partial charge in [-0.15, -0.1) is 0 Å². The third-order valence-corrected chi connectivity index (χ3v) is 1.04. The number of carbonyl (C=O) groups is 1. The smallest absolute Gasteiger partial charge is 0.330 e. The fourth-order valence-corrected chi connectivity index (χ4v) is 0.611. The molecule has 0 amide bonds. The zero-order valence-corrected chi connectivity index (χ0v) is 6.46. The Labute approximate surface area is 61.9 Å². The number of ether oxygens (including phenoxy) is 1. The summed E-state index contributed by atoms with van der Waals surface area (Å²) < 4.78 is 4.83. The zero-order chi connectivity index (χ0) is 7.98. The largest absolute Gasteiger partial charge is 0.459 e. The highest BCUT2D eigenvalue weighted by Gasteiger charge is 2.03. The number of hydrogen-bond donors (Lipinski definition) is 0. The quantitative estimate of drug-likeness (QED) is 0.440. The van der Waals surface area contributed by atoms with Crippen LogP contribution in [0.5, 0.6) is 0 Å². The van der Waals surface area contributed by atoms with E-state index in [9.17, 15) is 4.79 Å². The minimum Gasteiger partial charge on any atom is -0.459 e. The summed E-state index contributed by atoms with van der Waals surface area (Å²) in [5.41, 5.74) is 0. The lowest BCUT2D eigenvalue weighted by Crippen LogP contribution is -2.12. The molecule has 0 heterocycles. The van der Waals surface area contributed by atoms with E-state index >= 15 is 0 Å². The average Bonchev–Trinajstić information content (AvgIpc) is 1.88. The van der Waals surface area contributed by atoms with Crippen LogP contribution in [0.1, 0.15) is 20.3 Å². The predicted octanol–water partition coefficient (Wildman–Crippen LogP) is 1.72. The molecule has 0 bridgehead atoms. The van der Waals surface area contributed by atoms with Gasteiger partial charge in [-0.1, -0.05) is 13.5 Å². The van der Waals surface area contributed by atoms with E-state index < -0.39 is 0 Å². The Bertz CT molecular complexity index is 118. The normalized spacial score (nSPS) is 12.2. The summed E-state index contributed by atoms with van der Waals surface area (Å²) in [6, 6.07) is 0. The Balaban J connectivity index is 3.46. The second-order valence-electron chi connectivity index (χ2n) is 1.99. The second-order valence-corrected chi connectivity index (χ2v) is 1.99. The molecule has 0 saturated heterocycles. The number of esters is 1. The summed E-state index contributed by atoms with van der Waals surface area (Å²) in [4.78, 5) is 10.5. The molecule has 0 rings (SSSR count). The van der Waals surface area contributed by atoms with Crippen LogP contribution >= 0.6 is 0 Å². The first-order valence-corrected chi connectivity index (χ1v) is 3.37. The van der Waals surface area contributed by atoms with E-state index in [1.807, 2.05) is 20.3 Å². The molecule has 0 saturated carbocycles. The van der Waals surface area contributed by atoms with Crippen LogP contribution < -0.4 is 0 Å². The van der Waals surface area contributed by atoms with Gasteiger partial charge in [-0.25, -0.2) is 4.79 Å². The van der Waals surface area contributed by atoms with Crippen LogP contribution in [-0.2, 0) is 9.53 Å². The fourth-order valence-electron chi connectivity index (χ4n) is 0.611. The van der Waals surface area contributed by atoms with Crippen LogP contribution in [0.2, 0.25) is 0 Å².